The maximum atomic E-state index is 6.24. The van der Waals surface area contributed by atoms with Crippen LogP contribution in [0.25, 0.3) is 0 Å². The van der Waals surface area contributed by atoms with Gasteiger partial charge in [-0.3, -0.25) is 0 Å². The molecule has 21 heavy (non-hydrogen) atoms. The molecule has 110 valence electrons. The first-order chi connectivity index (χ1) is 10.3. The van der Waals surface area contributed by atoms with E-state index in [1.807, 2.05) is 12.2 Å². The fourth-order valence-electron chi connectivity index (χ4n) is 3.07. The third-order valence-electron chi connectivity index (χ3n) is 4.14. The molecule has 2 aliphatic carbocycles. The highest BCUT2D eigenvalue weighted by molar-refractivity contribution is 6.65. The van der Waals surface area contributed by atoms with Crippen molar-refractivity contribution in [3.8, 4) is 0 Å². The third kappa shape index (κ3) is 3.29. The topological polar surface area (TPSA) is 33.6 Å². The number of ether oxygens (including phenoxy) is 1. The third-order valence-corrected chi connectivity index (χ3v) is 4.38. The van der Waals surface area contributed by atoms with E-state index in [2.05, 4.69) is 27.8 Å². The predicted molar refractivity (Wildman–Crippen MR) is 85.6 cm³/mol. The molecule has 0 saturated heterocycles. The van der Waals surface area contributed by atoms with Crippen molar-refractivity contribution in [3.05, 3.63) is 46.5 Å². The summed E-state index contributed by atoms with van der Waals surface area (Å²) in [5.41, 5.74) is 9.51. The average Bonchev–Trinajstić information content (AvgIpc) is 2.53. The number of nitrogens with zero attached hydrogens (tertiary/aromatic N) is 1. The minimum Gasteiger partial charge on any atom is -0.375 e. The highest BCUT2D eigenvalue weighted by Gasteiger charge is 2.31. The van der Waals surface area contributed by atoms with Crippen molar-refractivity contribution in [2.45, 2.75) is 37.8 Å². The molecule has 4 heteroatoms. The van der Waals surface area contributed by atoms with Crippen molar-refractivity contribution in [2.75, 3.05) is 13.7 Å². The summed E-state index contributed by atoms with van der Waals surface area (Å²) >= 11 is 6.24. The SMILES string of the molecule is COC1CCCC2=C1N=C(Cl)CC2NCC1=CC=C=C=C1. The Morgan fingerprint density at radius 1 is 1.48 bits per heavy atom. The second-order valence-electron chi connectivity index (χ2n) is 5.49. The Kier molecular flexibility index (Phi) is 4.60. The number of methoxy groups -OCH3 is 1. The molecule has 0 bridgehead atoms. The number of nitrogens with one attached hydrogen (secondary N) is 1. The lowest BCUT2D eigenvalue weighted by Gasteiger charge is -2.33. The second-order valence-corrected chi connectivity index (χ2v) is 5.93. The first-order valence-corrected chi connectivity index (χ1v) is 7.74. The van der Waals surface area contributed by atoms with E-state index < -0.39 is 0 Å². The van der Waals surface area contributed by atoms with Crippen molar-refractivity contribution in [1.82, 2.24) is 5.32 Å². The van der Waals surface area contributed by atoms with Crippen molar-refractivity contribution in [1.29, 1.82) is 0 Å². The lowest BCUT2D eigenvalue weighted by atomic mass is 9.86. The summed E-state index contributed by atoms with van der Waals surface area (Å²) in [6.45, 7) is 0.800. The molecule has 0 spiro atoms. The number of allylic oxidation sites excluding steroid dienone is 2. The van der Waals surface area contributed by atoms with Gasteiger partial charge in [0, 0.05) is 26.1 Å². The van der Waals surface area contributed by atoms with Crippen LogP contribution in [0.1, 0.15) is 25.7 Å². The number of hydrogen-bond acceptors (Lipinski definition) is 3. The number of rotatable bonds is 4. The molecule has 1 N–H and O–H groups in total. The zero-order valence-corrected chi connectivity index (χ0v) is 12.9. The largest absolute Gasteiger partial charge is 0.375 e. The molecule has 2 unspecified atom stereocenters. The van der Waals surface area contributed by atoms with Crippen molar-refractivity contribution < 1.29 is 4.74 Å². The van der Waals surface area contributed by atoms with Gasteiger partial charge < -0.3 is 10.1 Å². The fourth-order valence-corrected chi connectivity index (χ4v) is 3.31. The molecule has 0 aromatic carbocycles. The predicted octanol–water partition coefficient (Wildman–Crippen LogP) is 3.25. The van der Waals surface area contributed by atoms with Gasteiger partial charge in [-0.2, -0.15) is 0 Å². The molecule has 1 aliphatic heterocycles. The zero-order chi connectivity index (χ0) is 14.7. The summed E-state index contributed by atoms with van der Waals surface area (Å²) < 4.78 is 5.56. The van der Waals surface area contributed by atoms with Gasteiger partial charge in [0.25, 0.3) is 0 Å². The van der Waals surface area contributed by atoms with Gasteiger partial charge in [-0.25, -0.2) is 4.99 Å². The number of halogens is 1. The Morgan fingerprint density at radius 3 is 3.14 bits per heavy atom. The van der Waals surface area contributed by atoms with E-state index in [4.69, 9.17) is 16.3 Å². The summed E-state index contributed by atoms with van der Waals surface area (Å²) in [5, 5.41) is 4.27. The van der Waals surface area contributed by atoms with Crippen LogP contribution in [0.15, 0.2) is 51.5 Å². The Morgan fingerprint density at radius 2 is 2.38 bits per heavy atom. The van der Waals surface area contributed by atoms with Crippen LogP contribution in [0.5, 0.6) is 0 Å². The maximum absolute atomic E-state index is 6.24. The molecule has 0 saturated carbocycles. The number of aliphatic imine (C=N–C) groups is 1. The highest BCUT2D eigenvalue weighted by Crippen LogP contribution is 2.34. The molecular weight excluding hydrogens is 284 g/mol. The van der Waals surface area contributed by atoms with Crippen LogP contribution in [-0.4, -0.2) is 31.0 Å². The van der Waals surface area contributed by atoms with Crippen LogP contribution in [0, 0.1) is 0 Å². The molecule has 0 aromatic heterocycles. The second kappa shape index (κ2) is 6.62. The summed E-state index contributed by atoms with van der Waals surface area (Å²) in [6, 6.07) is 0.257. The molecule has 2 atom stereocenters. The lowest BCUT2D eigenvalue weighted by Crippen LogP contribution is -2.39. The standard InChI is InChI=1S/C17H19ClN2O/c1-21-15-9-5-8-13-14(10-16(18)20-17(13)15)19-11-12-6-3-2-4-7-12/h3,6-7,14-15,19H,5,8-11H2,1H3. The van der Waals surface area contributed by atoms with Gasteiger partial charge in [0.2, 0.25) is 0 Å². The first kappa shape index (κ1) is 14.6. The quantitative estimate of drug-likeness (QED) is 0.809. The smallest absolute Gasteiger partial charge is 0.108 e. The lowest BCUT2D eigenvalue weighted by molar-refractivity contribution is 0.113. The van der Waals surface area contributed by atoms with E-state index in [-0.39, 0.29) is 12.1 Å². The van der Waals surface area contributed by atoms with Crippen molar-refractivity contribution >= 4 is 16.8 Å². The molecule has 3 rings (SSSR count). The zero-order valence-electron chi connectivity index (χ0n) is 12.2. The Balaban J connectivity index is 1.75. The number of hydrogen-bond donors (Lipinski definition) is 1. The molecule has 3 aliphatic rings. The molecular formula is C17H19ClN2O. The van der Waals surface area contributed by atoms with Crippen LogP contribution >= 0.6 is 11.6 Å². The van der Waals surface area contributed by atoms with E-state index in [1.54, 1.807) is 7.11 Å². The van der Waals surface area contributed by atoms with Gasteiger partial charge >= 0.3 is 0 Å². The fraction of sp³-hybridized carbons (Fsp3) is 0.471. The first-order valence-electron chi connectivity index (χ1n) is 7.36. The monoisotopic (exact) mass is 302 g/mol. The van der Waals surface area contributed by atoms with Crippen LogP contribution in [-0.2, 0) is 4.74 Å². The van der Waals surface area contributed by atoms with Gasteiger partial charge in [0.1, 0.15) is 5.17 Å². The van der Waals surface area contributed by atoms with Crippen molar-refractivity contribution in [2.24, 2.45) is 4.99 Å². The van der Waals surface area contributed by atoms with Crippen LogP contribution in [0.3, 0.4) is 0 Å². The summed E-state index contributed by atoms with van der Waals surface area (Å²) in [5.74, 6) is 0. The Hall–Kier alpha value is -1.34. The van der Waals surface area contributed by atoms with Gasteiger partial charge in [0.15, 0.2) is 0 Å². The van der Waals surface area contributed by atoms with Gasteiger partial charge in [-0.1, -0.05) is 23.1 Å². The van der Waals surface area contributed by atoms with Crippen LogP contribution in [0.4, 0.5) is 0 Å². The molecule has 3 nitrogen and oxygen atoms in total. The van der Waals surface area contributed by atoms with Crippen LogP contribution in [0.2, 0.25) is 0 Å². The summed E-state index contributed by atoms with van der Waals surface area (Å²) in [4.78, 5) is 4.55. The summed E-state index contributed by atoms with van der Waals surface area (Å²) in [7, 11) is 1.75. The van der Waals surface area contributed by atoms with E-state index >= 15 is 0 Å². The minimum atomic E-state index is 0.0896. The van der Waals surface area contributed by atoms with E-state index in [0.29, 0.717) is 5.17 Å². The van der Waals surface area contributed by atoms with E-state index in [0.717, 1.165) is 37.9 Å². The van der Waals surface area contributed by atoms with E-state index in [1.165, 1.54) is 11.1 Å². The Bertz CT molecular complexity index is 617. The summed E-state index contributed by atoms with van der Waals surface area (Å²) in [6.07, 6.45) is 10.0. The van der Waals surface area contributed by atoms with Crippen molar-refractivity contribution in [3.63, 3.8) is 0 Å². The van der Waals surface area contributed by atoms with Gasteiger partial charge in [-0.05, 0) is 48.6 Å². The average molecular weight is 303 g/mol. The molecule has 0 aromatic rings. The van der Waals surface area contributed by atoms with Gasteiger partial charge in [-0.15, -0.1) is 0 Å². The molecule has 0 radical (unpaired) electrons. The minimum absolute atomic E-state index is 0.0896. The van der Waals surface area contributed by atoms with Gasteiger partial charge in [0.05, 0.1) is 11.8 Å². The maximum Gasteiger partial charge on any atom is 0.108 e. The van der Waals surface area contributed by atoms with Crippen LogP contribution < -0.4 is 5.32 Å². The molecule has 0 fully saturated rings. The Labute approximate surface area is 130 Å². The molecule has 1 heterocycles. The molecule has 0 amide bonds. The normalized spacial score (nSPS) is 27.5. The highest BCUT2D eigenvalue weighted by atomic mass is 35.5. The van der Waals surface area contributed by atoms with E-state index in [9.17, 15) is 0 Å².